The number of benzene rings is 1. The molecule has 3 aromatic rings. The molecule has 1 aromatic carbocycles. The second-order valence-electron chi connectivity index (χ2n) is 6.05. The highest BCUT2D eigenvalue weighted by Crippen LogP contribution is 2.28. The molecule has 4 rings (SSSR count). The van der Waals surface area contributed by atoms with Gasteiger partial charge in [0.1, 0.15) is 11.5 Å². The standard InChI is InChI=1S/C20H19N3O2/c24-20(23-11-3-6-15-5-1-2-8-19(15)23)18-13-16(9-10-21-18)22-14-17-7-4-12-25-17/h1-2,4-5,7-10,12-13H,3,6,11,14H2,(H,21,22). The summed E-state index contributed by atoms with van der Waals surface area (Å²) in [6, 6.07) is 15.5. The monoisotopic (exact) mass is 333 g/mol. The topological polar surface area (TPSA) is 58.4 Å². The van der Waals surface area contributed by atoms with Crippen LogP contribution in [0.15, 0.2) is 65.4 Å². The van der Waals surface area contributed by atoms with E-state index in [0.29, 0.717) is 12.2 Å². The van der Waals surface area contributed by atoms with Crippen LogP contribution in [0, 0.1) is 0 Å². The van der Waals surface area contributed by atoms with Crippen molar-refractivity contribution in [3.05, 3.63) is 78.0 Å². The van der Waals surface area contributed by atoms with E-state index >= 15 is 0 Å². The number of aromatic nitrogens is 1. The van der Waals surface area contributed by atoms with Crippen molar-refractivity contribution in [2.24, 2.45) is 0 Å². The third kappa shape index (κ3) is 3.26. The molecule has 0 aliphatic carbocycles. The van der Waals surface area contributed by atoms with Gasteiger partial charge in [0.05, 0.1) is 12.8 Å². The van der Waals surface area contributed by atoms with Crippen LogP contribution in [0.5, 0.6) is 0 Å². The molecule has 1 amide bonds. The van der Waals surface area contributed by atoms with Crippen LogP contribution in [0.2, 0.25) is 0 Å². The second-order valence-corrected chi connectivity index (χ2v) is 6.05. The van der Waals surface area contributed by atoms with Crippen LogP contribution in [-0.4, -0.2) is 17.4 Å². The summed E-state index contributed by atoms with van der Waals surface area (Å²) < 4.78 is 5.31. The predicted octanol–water partition coefficient (Wildman–Crippen LogP) is 3.88. The molecule has 126 valence electrons. The maximum absolute atomic E-state index is 13.0. The Morgan fingerprint density at radius 3 is 3.00 bits per heavy atom. The van der Waals surface area contributed by atoms with Crippen molar-refractivity contribution in [2.75, 3.05) is 16.8 Å². The zero-order valence-corrected chi connectivity index (χ0v) is 13.8. The van der Waals surface area contributed by atoms with E-state index in [2.05, 4.69) is 16.4 Å². The summed E-state index contributed by atoms with van der Waals surface area (Å²) in [5, 5.41) is 3.26. The molecule has 0 unspecified atom stereocenters. The number of nitrogens with zero attached hydrogens (tertiary/aromatic N) is 2. The Morgan fingerprint density at radius 2 is 2.12 bits per heavy atom. The number of hydrogen-bond donors (Lipinski definition) is 1. The largest absolute Gasteiger partial charge is 0.467 e. The average Bonchev–Trinajstić information content (AvgIpc) is 3.19. The Hall–Kier alpha value is -3.08. The van der Waals surface area contributed by atoms with Crippen molar-refractivity contribution in [1.82, 2.24) is 4.98 Å². The fraction of sp³-hybridized carbons (Fsp3) is 0.200. The molecular formula is C20H19N3O2. The highest BCUT2D eigenvalue weighted by molar-refractivity contribution is 6.05. The molecule has 1 aliphatic rings. The van der Waals surface area contributed by atoms with Crippen LogP contribution in [0.4, 0.5) is 11.4 Å². The van der Waals surface area contributed by atoms with Crippen LogP contribution < -0.4 is 10.2 Å². The summed E-state index contributed by atoms with van der Waals surface area (Å²) in [7, 11) is 0. The van der Waals surface area contributed by atoms with Crippen molar-refractivity contribution in [2.45, 2.75) is 19.4 Å². The maximum atomic E-state index is 13.0. The quantitative estimate of drug-likeness (QED) is 0.787. The zero-order valence-electron chi connectivity index (χ0n) is 13.8. The number of carbonyl (C=O) groups is 1. The Kier molecular flexibility index (Phi) is 4.21. The molecule has 0 saturated heterocycles. The fourth-order valence-electron chi connectivity index (χ4n) is 3.14. The van der Waals surface area contributed by atoms with Gasteiger partial charge in [-0.3, -0.25) is 9.78 Å². The van der Waals surface area contributed by atoms with Crippen LogP contribution >= 0.6 is 0 Å². The molecule has 0 spiro atoms. The molecule has 0 fully saturated rings. The van der Waals surface area contributed by atoms with Crippen molar-refractivity contribution >= 4 is 17.3 Å². The van der Waals surface area contributed by atoms with E-state index in [-0.39, 0.29) is 5.91 Å². The van der Waals surface area contributed by atoms with Crippen LogP contribution in [0.3, 0.4) is 0 Å². The first kappa shape index (κ1) is 15.4. The molecule has 0 atom stereocenters. The zero-order chi connectivity index (χ0) is 17.1. The summed E-state index contributed by atoms with van der Waals surface area (Å²) in [4.78, 5) is 19.1. The summed E-state index contributed by atoms with van der Waals surface area (Å²) in [6.07, 6.45) is 5.29. The third-order valence-electron chi connectivity index (χ3n) is 4.38. The fourth-order valence-corrected chi connectivity index (χ4v) is 3.14. The van der Waals surface area contributed by atoms with Crippen molar-refractivity contribution in [3.8, 4) is 0 Å². The van der Waals surface area contributed by atoms with E-state index in [4.69, 9.17) is 4.42 Å². The second kappa shape index (κ2) is 6.81. The number of furan rings is 1. The SMILES string of the molecule is O=C(c1cc(NCc2ccco2)ccn1)N1CCCc2ccccc21. The summed E-state index contributed by atoms with van der Waals surface area (Å²) in [5.74, 6) is 0.781. The molecule has 5 heteroatoms. The molecular weight excluding hydrogens is 314 g/mol. The van der Waals surface area contributed by atoms with Gasteiger partial charge in [0.2, 0.25) is 0 Å². The number of carbonyl (C=O) groups excluding carboxylic acids is 1. The number of pyridine rings is 1. The molecule has 1 aliphatic heterocycles. The van der Waals surface area contributed by atoms with Gasteiger partial charge in [-0.1, -0.05) is 18.2 Å². The first-order valence-electron chi connectivity index (χ1n) is 8.43. The Balaban J connectivity index is 1.54. The smallest absolute Gasteiger partial charge is 0.276 e. The number of nitrogens with one attached hydrogen (secondary N) is 1. The Bertz CT molecular complexity index is 874. The van der Waals surface area contributed by atoms with Crippen LogP contribution in [-0.2, 0) is 13.0 Å². The van der Waals surface area contributed by atoms with Crippen molar-refractivity contribution in [3.63, 3.8) is 0 Å². The predicted molar refractivity (Wildman–Crippen MR) is 96.7 cm³/mol. The van der Waals surface area contributed by atoms with Gasteiger partial charge >= 0.3 is 0 Å². The van der Waals surface area contributed by atoms with Gasteiger partial charge in [-0.25, -0.2) is 0 Å². The number of amides is 1. The van der Waals surface area contributed by atoms with Gasteiger partial charge in [-0.2, -0.15) is 0 Å². The minimum atomic E-state index is -0.0613. The molecule has 0 radical (unpaired) electrons. The van der Waals surface area contributed by atoms with Crippen LogP contribution in [0.1, 0.15) is 28.2 Å². The molecule has 0 bridgehead atoms. The van der Waals surface area contributed by atoms with Gasteiger partial charge in [0, 0.05) is 24.1 Å². The summed E-state index contributed by atoms with van der Waals surface area (Å²) in [5.41, 5.74) is 3.50. The van der Waals surface area contributed by atoms with E-state index < -0.39 is 0 Å². The lowest BCUT2D eigenvalue weighted by Gasteiger charge is -2.29. The molecule has 3 heterocycles. The van der Waals surface area contributed by atoms with Gasteiger partial charge in [-0.05, 0) is 48.7 Å². The van der Waals surface area contributed by atoms with E-state index in [1.807, 2.05) is 41.3 Å². The lowest BCUT2D eigenvalue weighted by Crippen LogP contribution is -2.35. The number of hydrogen-bond acceptors (Lipinski definition) is 4. The normalized spacial score (nSPS) is 13.4. The first-order chi connectivity index (χ1) is 12.3. The molecule has 25 heavy (non-hydrogen) atoms. The van der Waals surface area contributed by atoms with Crippen molar-refractivity contribution < 1.29 is 9.21 Å². The van der Waals surface area contributed by atoms with Gasteiger partial charge in [0.25, 0.3) is 5.91 Å². The number of aryl methyl sites for hydroxylation is 1. The van der Waals surface area contributed by atoms with Gasteiger partial charge in [0.15, 0.2) is 0 Å². The Labute approximate surface area is 146 Å². The summed E-state index contributed by atoms with van der Waals surface area (Å²) >= 11 is 0. The van der Waals surface area contributed by atoms with E-state index in [0.717, 1.165) is 36.5 Å². The number of rotatable bonds is 4. The molecule has 1 N–H and O–H groups in total. The van der Waals surface area contributed by atoms with Crippen molar-refractivity contribution in [1.29, 1.82) is 0 Å². The highest BCUT2D eigenvalue weighted by Gasteiger charge is 2.24. The van der Waals surface area contributed by atoms with Gasteiger partial charge < -0.3 is 14.6 Å². The third-order valence-corrected chi connectivity index (χ3v) is 4.38. The first-order valence-corrected chi connectivity index (χ1v) is 8.43. The molecule has 5 nitrogen and oxygen atoms in total. The minimum Gasteiger partial charge on any atom is -0.467 e. The lowest BCUT2D eigenvalue weighted by atomic mass is 10.0. The summed E-state index contributed by atoms with van der Waals surface area (Å²) in [6.45, 7) is 1.29. The number of para-hydroxylation sites is 1. The van der Waals surface area contributed by atoms with E-state index in [1.165, 1.54) is 5.56 Å². The number of anilines is 2. The minimum absolute atomic E-state index is 0.0613. The van der Waals surface area contributed by atoms with E-state index in [1.54, 1.807) is 18.5 Å². The van der Waals surface area contributed by atoms with E-state index in [9.17, 15) is 4.79 Å². The lowest BCUT2D eigenvalue weighted by molar-refractivity contribution is 0.0980. The number of fused-ring (bicyclic) bond motifs is 1. The highest BCUT2D eigenvalue weighted by atomic mass is 16.3. The van der Waals surface area contributed by atoms with Crippen LogP contribution in [0.25, 0.3) is 0 Å². The average molecular weight is 333 g/mol. The molecule has 0 saturated carbocycles. The maximum Gasteiger partial charge on any atom is 0.276 e. The van der Waals surface area contributed by atoms with Gasteiger partial charge in [-0.15, -0.1) is 0 Å². The molecule has 2 aromatic heterocycles. The Morgan fingerprint density at radius 1 is 1.20 bits per heavy atom.